The van der Waals surface area contributed by atoms with Crippen LogP contribution in [0.4, 0.5) is 0 Å². The molecular formula is C47H60Cl2Zr. The predicted octanol–water partition coefficient (Wildman–Crippen LogP) is 6.73. The molecule has 4 unspecified atom stereocenters. The Morgan fingerprint density at radius 2 is 1.46 bits per heavy atom. The van der Waals surface area contributed by atoms with Crippen molar-refractivity contribution in [3.05, 3.63) is 121 Å². The summed E-state index contributed by atoms with van der Waals surface area (Å²) in [6.45, 7) is 31.4. The fraction of sp³-hybridized carbons (Fsp3) is 0.511. The topological polar surface area (TPSA) is 0 Å². The third kappa shape index (κ3) is 5.24. The summed E-state index contributed by atoms with van der Waals surface area (Å²) in [7, 11) is 0. The zero-order valence-electron chi connectivity index (χ0n) is 32.8. The molecule has 1 saturated carbocycles. The first kappa shape index (κ1) is 39.7. The van der Waals surface area contributed by atoms with Crippen molar-refractivity contribution in [1.29, 1.82) is 0 Å². The van der Waals surface area contributed by atoms with Crippen molar-refractivity contribution < 1.29 is 46.1 Å². The molecule has 5 aliphatic rings. The standard InChI is InChI=1S/C29H37.C10H15.C8H8.2ClH.Zr/c1-18-25-22-17-19-13-9-10-14-20(19)24(22)21-15-11-12-16-23(21)29(25,8)28(6,7)27(4,5)26(18,2)3;1-8-5-6-9(7-8)10(2,3)4;1-2-8-6-4-3-5-7-8;;;/h9-11,13-15,23H,12,16-17H2,1-8H3;6-8H,1-4H3;1,3-7H,2H2;2*1H;/q;;;;;+2/p-2. The van der Waals surface area contributed by atoms with Crippen LogP contribution in [0.25, 0.3) is 5.57 Å². The summed E-state index contributed by atoms with van der Waals surface area (Å²) in [6, 6.07) is 20.8. The van der Waals surface area contributed by atoms with Gasteiger partial charge >= 0.3 is 303 Å². The van der Waals surface area contributed by atoms with Crippen molar-refractivity contribution in [2.75, 3.05) is 0 Å². The maximum Gasteiger partial charge on any atom is -1.00 e. The van der Waals surface area contributed by atoms with Crippen LogP contribution in [-0.2, 0) is 34.1 Å². The van der Waals surface area contributed by atoms with E-state index in [2.05, 4.69) is 166 Å². The Bertz CT molecular complexity index is 1870. The number of benzene rings is 2. The first-order chi connectivity index (χ1) is 22.4. The summed E-state index contributed by atoms with van der Waals surface area (Å²) in [4.78, 5) is 0. The Morgan fingerprint density at radius 3 is 2.10 bits per heavy atom. The van der Waals surface area contributed by atoms with Crippen LogP contribution < -0.4 is 24.8 Å². The molecule has 0 aliphatic heterocycles. The Morgan fingerprint density at radius 1 is 0.820 bits per heavy atom. The first-order valence-corrected chi connectivity index (χ1v) is 22.7. The molecular weight excluding hydrogens is 727 g/mol. The molecule has 0 heterocycles. The van der Waals surface area contributed by atoms with Gasteiger partial charge < -0.3 is 24.8 Å². The van der Waals surface area contributed by atoms with Crippen LogP contribution in [0, 0.1) is 38.9 Å². The van der Waals surface area contributed by atoms with Crippen LogP contribution >= 0.6 is 0 Å². The van der Waals surface area contributed by atoms with Crippen LogP contribution in [0.5, 0.6) is 0 Å². The van der Waals surface area contributed by atoms with Gasteiger partial charge in [-0.2, -0.15) is 0 Å². The van der Waals surface area contributed by atoms with Gasteiger partial charge in [0.1, 0.15) is 0 Å². The number of hydrogen-bond acceptors (Lipinski definition) is 0. The molecule has 0 nitrogen and oxygen atoms in total. The predicted molar refractivity (Wildman–Crippen MR) is 205 cm³/mol. The maximum absolute atomic E-state index is 2.96. The summed E-state index contributed by atoms with van der Waals surface area (Å²) >= 11 is -2.72. The number of fused-ring (bicyclic) bond motifs is 6. The van der Waals surface area contributed by atoms with Gasteiger partial charge in [0.05, 0.1) is 0 Å². The van der Waals surface area contributed by atoms with Crippen molar-refractivity contribution in [2.24, 2.45) is 38.9 Å². The van der Waals surface area contributed by atoms with Gasteiger partial charge in [-0.1, -0.05) is 0 Å². The summed E-state index contributed by atoms with van der Waals surface area (Å²) in [5, 5.41) is 0. The second-order valence-corrected chi connectivity index (χ2v) is 25.7. The van der Waals surface area contributed by atoms with Crippen molar-refractivity contribution in [2.45, 2.75) is 112 Å². The average Bonchev–Trinajstić information content (AvgIpc) is 3.61. The zero-order chi connectivity index (χ0) is 34.7. The van der Waals surface area contributed by atoms with Crippen LogP contribution in [-0.4, -0.2) is 3.71 Å². The Labute approximate surface area is 325 Å². The third-order valence-electron chi connectivity index (χ3n) is 15.6. The molecule has 266 valence electrons. The van der Waals surface area contributed by atoms with Gasteiger partial charge in [-0.05, 0) is 0 Å². The number of rotatable bonds is 4. The molecule has 50 heavy (non-hydrogen) atoms. The molecule has 5 aliphatic carbocycles. The molecule has 0 bridgehead atoms. The minimum Gasteiger partial charge on any atom is -1.00 e. The summed E-state index contributed by atoms with van der Waals surface area (Å²) in [6.07, 6.45) is 15.0. The van der Waals surface area contributed by atoms with E-state index in [1.54, 1.807) is 22.3 Å². The van der Waals surface area contributed by atoms with Gasteiger partial charge in [0.25, 0.3) is 0 Å². The van der Waals surface area contributed by atoms with Crippen LogP contribution in [0.1, 0.15) is 113 Å². The summed E-state index contributed by atoms with van der Waals surface area (Å²) in [5.74, 6) is 1.03. The molecule has 0 aromatic heterocycles. The SMILES string of the molecule is CC1C=C(C(C)(C)C)C=[C]1[Zr+2](=[CH]Cc1ccccc1)[C]1(C)C2=C3Cc4ccccc4C3=C3C=CCCC3C2(C)C(C)(C)C(C)(C)C1(C)C.[Cl-].[Cl-]. The first-order valence-electron chi connectivity index (χ1n) is 18.8. The van der Waals surface area contributed by atoms with E-state index in [-0.39, 0.29) is 55.0 Å². The van der Waals surface area contributed by atoms with Gasteiger partial charge in [0.2, 0.25) is 0 Å². The third-order valence-corrected chi connectivity index (χ3v) is 24.9. The zero-order valence-corrected chi connectivity index (χ0v) is 36.8. The smallest absolute Gasteiger partial charge is 1.00 e. The monoisotopic (exact) mass is 784 g/mol. The van der Waals surface area contributed by atoms with Crippen LogP contribution in [0.15, 0.2) is 104 Å². The molecule has 0 N–H and O–H groups in total. The van der Waals surface area contributed by atoms with Gasteiger partial charge in [-0.3, -0.25) is 0 Å². The summed E-state index contributed by atoms with van der Waals surface area (Å²) < 4.78 is 4.86. The van der Waals surface area contributed by atoms with E-state index in [0.29, 0.717) is 11.8 Å². The Balaban J connectivity index is 0.00000243. The fourth-order valence-corrected chi connectivity index (χ4v) is 21.7. The molecule has 2 aromatic rings. The maximum atomic E-state index is 2.96. The van der Waals surface area contributed by atoms with Crippen molar-refractivity contribution >= 4 is 9.28 Å². The van der Waals surface area contributed by atoms with Gasteiger partial charge in [0.15, 0.2) is 0 Å². The quantitative estimate of drug-likeness (QED) is 0.323. The molecule has 4 atom stereocenters. The second kappa shape index (κ2) is 13.1. The fourth-order valence-electron chi connectivity index (χ4n) is 11.3. The number of hydrogen-bond donors (Lipinski definition) is 0. The molecule has 3 heteroatoms. The number of allylic oxidation sites excluding steroid dienone is 10. The van der Waals surface area contributed by atoms with Crippen LogP contribution in [0.2, 0.25) is 3.12 Å². The van der Waals surface area contributed by atoms with Crippen molar-refractivity contribution in [3.8, 4) is 0 Å². The molecule has 0 saturated heterocycles. The Hall–Kier alpha value is -1.53. The molecule has 1 fully saturated rings. The van der Waals surface area contributed by atoms with Gasteiger partial charge in [-0.15, -0.1) is 0 Å². The van der Waals surface area contributed by atoms with Crippen molar-refractivity contribution in [3.63, 3.8) is 0 Å². The van der Waals surface area contributed by atoms with E-state index in [1.807, 2.05) is 8.85 Å². The van der Waals surface area contributed by atoms with Crippen LogP contribution in [0.3, 0.4) is 0 Å². The Kier molecular flexibility index (Phi) is 10.4. The second-order valence-electron chi connectivity index (χ2n) is 18.8. The van der Waals surface area contributed by atoms with E-state index in [1.165, 1.54) is 29.5 Å². The van der Waals surface area contributed by atoms with E-state index in [0.717, 1.165) is 12.8 Å². The van der Waals surface area contributed by atoms with Gasteiger partial charge in [0, 0.05) is 0 Å². The molecule has 2 aromatic carbocycles. The molecule has 7 rings (SSSR count). The van der Waals surface area contributed by atoms with E-state index in [9.17, 15) is 0 Å². The number of halogens is 2. The minimum atomic E-state index is -2.72. The van der Waals surface area contributed by atoms with E-state index >= 15 is 0 Å². The largest absolute Gasteiger partial charge is 1.00 e. The van der Waals surface area contributed by atoms with Crippen molar-refractivity contribution in [1.82, 2.24) is 0 Å². The van der Waals surface area contributed by atoms with E-state index < -0.39 is 21.3 Å². The van der Waals surface area contributed by atoms with Gasteiger partial charge in [-0.25, -0.2) is 0 Å². The molecule has 0 amide bonds. The minimum absolute atomic E-state index is 0. The molecule has 0 spiro atoms. The average molecular weight is 787 g/mol. The molecule has 0 radical (unpaired) electrons. The normalized spacial score (nSPS) is 29.9. The van der Waals surface area contributed by atoms with E-state index in [4.69, 9.17) is 0 Å². The summed E-state index contributed by atoms with van der Waals surface area (Å²) in [5.41, 5.74) is 13.3.